The number of nitrogens with zero attached hydrogens (tertiary/aromatic N) is 1. The van der Waals surface area contributed by atoms with E-state index in [0.717, 1.165) is 11.0 Å². The van der Waals surface area contributed by atoms with Crippen molar-refractivity contribution in [2.45, 2.75) is 0 Å². The molecule has 4 heteroatoms. The summed E-state index contributed by atoms with van der Waals surface area (Å²) in [5, 5.41) is 0. The summed E-state index contributed by atoms with van der Waals surface area (Å²) in [5.74, 6) is -0.0890. The number of imidazole rings is 1. The number of hydrogen-bond donors (Lipinski definition) is 1. The quantitative estimate of drug-likeness (QED) is 0.581. The Balaban J connectivity index is 1.84. The largest absolute Gasteiger partial charge is 0.338 e. The molecule has 0 unspecified atom stereocenters. The number of aromatic amines is 1. The van der Waals surface area contributed by atoms with Crippen LogP contribution in [0.3, 0.4) is 0 Å². The molecular formula is C16H11FN2O. The van der Waals surface area contributed by atoms with Crippen LogP contribution in [0.5, 0.6) is 0 Å². The summed E-state index contributed by atoms with van der Waals surface area (Å²) < 4.78 is 13.0. The molecule has 98 valence electrons. The Bertz CT molecular complexity index is 772. The van der Waals surface area contributed by atoms with E-state index in [4.69, 9.17) is 0 Å². The highest BCUT2D eigenvalue weighted by molar-refractivity contribution is 6.06. The van der Waals surface area contributed by atoms with Crippen LogP contribution in [0.2, 0.25) is 0 Å². The third kappa shape index (κ3) is 2.49. The summed E-state index contributed by atoms with van der Waals surface area (Å²) in [6.45, 7) is 0. The number of benzene rings is 2. The van der Waals surface area contributed by atoms with Gasteiger partial charge in [0.05, 0.1) is 11.0 Å². The van der Waals surface area contributed by atoms with E-state index in [1.807, 2.05) is 24.3 Å². The van der Waals surface area contributed by atoms with Crippen molar-refractivity contribution in [3.8, 4) is 0 Å². The molecule has 0 bridgehead atoms. The number of carbonyl (C=O) groups excluding carboxylic acids is 1. The lowest BCUT2D eigenvalue weighted by Crippen LogP contribution is -1.94. The molecule has 3 aromatic rings. The summed E-state index contributed by atoms with van der Waals surface area (Å²) >= 11 is 0. The van der Waals surface area contributed by atoms with Crippen LogP contribution < -0.4 is 0 Å². The Morgan fingerprint density at radius 1 is 1.15 bits per heavy atom. The second-order valence-electron chi connectivity index (χ2n) is 4.35. The molecule has 1 aromatic heterocycles. The minimum atomic E-state index is -0.423. The number of aromatic nitrogens is 2. The Labute approximate surface area is 114 Å². The van der Waals surface area contributed by atoms with Crippen molar-refractivity contribution in [1.82, 2.24) is 9.97 Å². The molecule has 0 radical (unpaired) electrons. The van der Waals surface area contributed by atoms with Gasteiger partial charge in [-0.15, -0.1) is 0 Å². The van der Waals surface area contributed by atoms with Crippen LogP contribution in [-0.2, 0) is 0 Å². The third-order valence-electron chi connectivity index (χ3n) is 2.91. The maximum absolute atomic E-state index is 13.0. The lowest BCUT2D eigenvalue weighted by molar-refractivity contribution is 0.104. The van der Waals surface area contributed by atoms with Gasteiger partial charge in [0.2, 0.25) is 0 Å². The molecule has 3 nitrogen and oxygen atoms in total. The third-order valence-corrected chi connectivity index (χ3v) is 2.91. The van der Waals surface area contributed by atoms with Crippen LogP contribution >= 0.6 is 0 Å². The first-order valence-corrected chi connectivity index (χ1v) is 6.15. The normalized spacial score (nSPS) is 11.2. The molecule has 0 aliphatic carbocycles. The fourth-order valence-electron chi connectivity index (χ4n) is 1.94. The first-order valence-electron chi connectivity index (χ1n) is 6.15. The standard InChI is InChI=1S/C16H11FN2O/c17-12-5-3-4-11(10-12)15(20)8-9-16-18-13-6-1-2-7-14(13)19-16/h1-10H,(H,18,19). The van der Waals surface area contributed by atoms with E-state index in [2.05, 4.69) is 9.97 Å². The minimum absolute atomic E-state index is 0.259. The number of rotatable bonds is 3. The van der Waals surface area contributed by atoms with Crippen LogP contribution in [0.1, 0.15) is 16.2 Å². The second-order valence-corrected chi connectivity index (χ2v) is 4.35. The average Bonchev–Trinajstić information content (AvgIpc) is 2.87. The zero-order valence-electron chi connectivity index (χ0n) is 10.5. The number of H-pyrrole nitrogens is 1. The van der Waals surface area contributed by atoms with Crippen molar-refractivity contribution in [3.05, 3.63) is 71.8 Å². The van der Waals surface area contributed by atoms with E-state index < -0.39 is 5.82 Å². The fourth-order valence-corrected chi connectivity index (χ4v) is 1.94. The number of allylic oxidation sites excluding steroid dienone is 1. The van der Waals surface area contributed by atoms with Crippen LogP contribution in [0.25, 0.3) is 17.1 Å². The van der Waals surface area contributed by atoms with Gasteiger partial charge in [0.1, 0.15) is 11.6 Å². The minimum Gasteiger partial charge on any atom is -0.338 e. The Morgan fingerprint density at radius 2 is 2.00 bits per heavy atom. The molecule has 0 amide bonds. The Morgan fingerprint density at radius 3 is 2.80 bits per heavy atom. The van der Waals surface area contributed by atoms with Crippen molar-refractivity contribution in [3.63, 3.8) is 0 Å². The number of nitrogens with one attached hydrogen (secondary N) is 1. The topological polar surface area (TPSA) is 45.8 Å². The van der Waals surface area contributed by atoms with Gasteiger partial charge in [0.15, 0.2) is 5.78 Å². The lowest BCUT2D eigenvalue weighted by atomic mass is 10.1. The summed E-state index contributed by atoms with van der Waals surface area (Å²) in [5.41, 5.74) is 2.06. The van der Waals surface area contributed by atoms with E-state index in [1.165, 1.54) is 24.3 Å². The van der Waals surface area contributed by atoms with E-state index in [-0.39, 0.29) is 5.78 Å². The zero-order valence-corrected chi connectivity index (χ0v) is 10.5. The molecule has 1 N–H and O–H groups in total. The molecular weight excluding hydrogens is 255 g/mol. The van der Waals surface area contributed by atoms with Gasteiger partial charge in [0, 0.05) is 5.56 Å². The van der Waals surface area contributed by atoms with Gasteiger partial charge in [0.25, 0.3) is 0 Å². The summed E-state index contributed by atoms with van der Waals surface area (Å²) in [4.78, 5) is 19.3. The highest BCUT2D eigenvalue weighted by atomic mass is 19.1. The van der Waals surface area contributed by atoms with Crippen LogP contribution in [0.15, 0.2) is 54.6 Å². The Kier molecular flexibility index (Phi) is 3.13. The highest BCUT2D eigenvalue weighted by Crippen LogP contribution is 2.12. The van der Waals surface area contributed by atoms with Crippen molar-refractivity contribution in [2.75, 3.05) is 0 Å². The smallest absolute Gasteiger partial charge is 0.186 e. The second kappa shape index (κ2) is 5.09. The van der Waals surface area contributed by atoms with Gasteiger partial charge in [-0.25, -0.2) is 9.37 Å². The number of ketones is 1. The van der Waals surface area contributed by atoms with Crippen molar-refractivity contribution >= 4 is 22.9 Å². The maximum Gasteiger partial charge on any atom is 0.186 e. The van der Waals surface area contributed by atoms with Gasteiger partial charge < -0.3 is 4.98 Å². The average molecular weight is 266 g/mol. The number of hydrogen-bond acceptors (Lipinski definition) is 2. The predicted molar refractivity (Wildman–Crippen MR) is 75.9 cm³/mol. The number of halogens is 1. The molecule has 20 heavy (non-hydrogen) atoms. The fraction of sp³-hybridized carbons (Fsp3) is 0. The molecule has 3 rings (SSSR count). The van der Waals surface area contributed by atoms with Crippen molar-refractivity contribution < 1.29 is 9.18 Å². The van der Waals surface area contributed by atoms with E-state index in [0.29, 0.717) is 11.4 Å². The number of carbonyl (C=O) groups is 1. The van der Waals surface area contributed by atoms with Crippen molar-refractivity contribution in [2.24, 2.45) is 0 Å². The molecule has 0 aliphatic rings. The van der Waals surface area contributed by atoms with Gasteiger partial charge in [-0.3, -0.25) is 4.79 Å². The Hall–Kier alpha value is -2.75. The molecule has 2 aromatic carbocycles. The first kappa shape index (κ1) is 12.3. The maximum atomic E-state index is 13.0. The molecule has 1 heterocycles. The molecule has 0 fully saturated rings. The number of fused-ring (bicyclic) bond motifs is 1. The molecule has 0 saturated carbocycles. The van der Waals surface area contributed by atoms with Gasteiger partial charge >= 0.3 is 0 Å². The molecule has 0 aliphatic heterocycles. The lowest BCUT2D eigenvalue weighted by Gasteiger charge is -1.94. The molecule has 0 spiro atoms. The van der Waals surface area contributed by atoms with E-state index in [9.17, 15) is 9.18 Å². The van der Waals surface area contributed by atoms with Crippen molar-refractivity contribution in [1.29, 1.82) is 0 Å². The summed E-state index contributed by atoms with van der Waals surface area (Å²) in [6.07, 6.45) is 2.97. The van der Waals surface area contributed by atoms with Crippen LogP contribution in [0.4, 0.5) is 4.39 Å². The van der Waals surface area contributed by atoms with Crippen LogP contribution in [-0.4, -0.2) is 15.8 Å². The van der Waals surface area contributed by atoms with Gasteiger partial charge in [-0.1, -0.05) is 24.3 Å². The van der Waals surface area contributed by atoms with Gasteiger partial charge in [-0.05, 0) is 36.4 Å². The van der Waals surface area contributed by atoms with Gasteiger partial charge in [-0.2, -0.15) is 0 Å². The van der Waals surface area contributed by atoms with Crippen LogP contribution in [0, 0.1) is 5.82 Å². The number of para-hydroxylation sites is 2. The zero-order chi connectivity index (χ0) is 13.9. The van der Waals surface area contributed by atoms with E-state index >= 15 is 0 Å². The molecule has 0 saturated heterocycles. The summed E-state index contributed by atoms with van der Waals surface area (Å²) in [7, 11) is 0. The SMILES string of the molecule is O=C(C=Cc1nc2ccccc2[nH]1)c1cccc(F)c1. The predicted octanol–water partition coefficient (Wildman–Crippen LogP) is 3.60. The first-order chi connectivity index (χ1) is 9.72. The monoisotopic (exact) mass is 266 g/mol. The molecule has 0 atom stereocenters. The summed E-state index contributed by atoms with van der Waals surface area (Å²) in [6, 6.07) is 13.2. The highest BCUT2D eigenvalue weighted by Gasteiger charge is 2.03. The van der Waals surface area contributed by atoms with E-state index in [1.54, 1.807) is 12.1 Å².